The van der Waals surface area contributed by atoms with Gasteiger partial charge in [-0.15, -0.1) is 0 Å². The fourth-order valence-electron chi connectivity index (χ4n) is 1.66. The number of carboxylic acid groups (broad SMARTS) is 1. The highest BCUT2D eigenvalue weighted by Gasteiger charge is 2.39. The van der Waals surface area contributed by atoms with Crippen LogP contribution in [0.2, 0.25) is 0 Å². The van der Waals surface area contributed by atoms with Crippen LogP contribution in [0.15, 0.2) is 0 Å². The number of nitrogens with zero attached hydrogens (tertiary/aromatic N) is 1. The molecule has 1 saturated heterocycles. The van der Waals surface area contributed by atoms with Crippen LogP contribution >= 0.6 is 0 Å². The zero-order valence-corrected chi connectivity index (χ0v) is 8.56. The SMILES string of the molecule is CC(C)(C(=O)O)N1CCOCC1CO. The van der Waals surface area contributed by atoms with Crippen molar-refractivity contribution in [2.24, 2.45) is 0 Å². The van der Waals surface area contributed by atoms with Crippen LogP contribution in [0, 0.1) is 0 Å². The van der Waals surface area contributed by atoms with E-state index in [9.17, 15) is 4.79 Å². The largest absolute Gasteiger partial charge is 0.480 e. The molecule has 82 valence electrons. The minimum Gasteiger partial charge on any atom is -0.480 e. The monoisotopic (exact) mass is 203 g/mol. The second-order valence-corrected chi connectivity index (χ2v) is 3.97. The zero-order chi connectivity index (χ0) is 10.8. The van der Waals surface area contributed by atoms with Gasteiger partial charge < -0.3 is 14.9 Å². The Bertz CT molecular complexity index is 217. The molecule has 1 rings (SSSR count). The van der Waals surface area contributed by atoms with Gasteiger partial charge in [-0.3, -0.25) is 9.69 Å². The summed E-state index contributed by atoms with van der Waals surface area (Å²) in [5, 5.41) is 18.1. The van der Waals surface area contributed by atoms with Crippen LogP contribution in [0.25, 0.3) is 0 Å². The summed E-state index contributed by atoms with van der Waals surface area (Å²) in [4.78, 5) is 12.8. The number of ether oxygens (including phenoxy) is 1. The van der Waals surface area contributed by atoms with Crippen LogP contribution in [-0.2, 0) is 9.53 Å². The van der Waals surface area contributed by atoms with Gasteiger partial charge >= 0.3 is 5.97 Å². The van der Waals surface area contributed by atoms with Crippen LogP contribution in [0.3, 0.4) is 0 Å². The van der Waals surface area contributed by atoms with E-state index >= 15 is 0 Å². The van der Waals surface area contributed by atoms with E-state index in [0.29, 0.717) is 19.8 Å². The van der Waals surface area contributed by atoms with Crippen LogP contribution < -0.4 is 0 Å². The molecule has 1 aliphatic heterocycles. The van der Waals surface area contributed by atoms with E-state index in [1.807, 2.05) is 0 Å². The number of aliphatic hydroxyl groups is 1. The third-order valence-corrected chi connectivity index (χ3v) is 2.68. The molecule has 5 heteroatoms. The third kappa shape index (κ3) is 2.05. The summed E-state index contributed by atoms with van der Waals surface area (Å²) in [6, 6.07) is -0.213. The van der Waals surface area contributed by atoms with Crippen molar-refractivity contribution in [2.45, 2.75) is 25.4 Å². The first-order valence-electron chi connectivity index (χ1n) is 4.69. The lowest BCUT2D eigenvalue weighted by molar-refractivity contribution is -0.157. The molecule has 0 radical (unpaired) electrons. The van der Waals surface area contributed by atoms with Crippen molar-refractivity contribution in [3.8, 4) is 0 Å². The number of carboxylic acids is 1. The summed E-state index contributed by atoms with van der Waals surface area (Å²) in [6.45, 7) is 4.67. The molecule has 0 spiro atoms. The lowest BCUT2D eigenvalue weighted by Gasteiger charge is -2.42. The Balaban J connectivity index is 2.77. The van der Waals surface area contributed by atoms with E-state index in [2.05, 4.69) is 0 Å². The standard InChI is InChI=1S/C9H17NO4/c1-9(2,8(12)13)10-3-4-14-6-7(10)5-11/h7,11H,3-6H2,1-2H3,(H,12,13). The van der Waals surface area contributed by atoms with Gasteiger partial charge in [0.2, 0.25) is 0 Å². The number of aliphatic carboxylic acids is 1. The number of rotatable bonds is 3. The maximum atomic E-state index is 11.0. The molecule has 2 N–H and O–H groups in total. The molecule has 0 amide bonds. The van der Waals surface area contributed by atoms with Gasteiger partial charge in [0, 0.05) is 6.54 Å². The fraction of sp³-hybridized carbons (Fsp3) is 0.889. The Labute approximate surface area is 83.3 Å². The van der Waals surface area contributed by atoms with Crippen molar-refractivity contribution in [1.29, 1.82) is 0 Å². The van der Waals surface area contributed by atoms with Crippen LogP contribution in [0.5, 0.6) is 0 Å². The molecule has 0 aromatic rings. The van der Waals surface area contributed by atoms with Gasteiger partial charge in [-0.05, 0) is 13.8 Å². The minimum atomic E-state index is -0.947. The number of carbonyl (C=O) groups is 1. The van der Waals surface area contributed by atoms with E-state index in [1.165, 1.54) is 0 Å². The molecule has 1 heterocycles. The van der Waals surface area contributed by atoms with Gasteiger partial charge in [-0.1, -0.05) is 0 Å². The highest BCUT2D eigenvalue weighted by atomic mass is 16.5. The summed E-state index contributed by atoms with van der Waals surface area (Å²) in [5.41, 5.74) is -0.947. The predicted molar refractivity (Wildman–Crippen MR) is 50.1 cm³/mol. The molecular weight excluding hydrogens is 186 g/mol. The first kappa shape index (κ1) is 11.4. The highest BCUT2D eigenvalue weighted by molar-refractivity contribution is 5.77. The summed E-state index contributed by atoms with van der Waals surface area (Å²) < 4.78 is 5.18. The van der Waals surface area contributed by atoms with Gasteiger partial charge in [0.25, 0.3) is 0 Å². The van der Waals surface area contributed by atoms with Crippen LogP contribution in [0.1, 0.15) is 13.8 Å². The Morgan fingerprint density at radius 1 is 1.64 bits per heavy atom. The number of aliphatic hydroxyl groups excluding tert-OH is 1. The predicted octanol–water partition coefficient (Wildman–Crippen LogP) is -0.457. The van der Waals surface area contributed by atoms with E-state index in [4.69, 9.17) is 14.9 Å². The molecule has 5 nitrogen and oxygen atoms in total. The topological polar surface area (TPSA) is 70.0 Å². The van der Waals surface area contributed by atoms with E-state index in [-0.39, 0.29) is 12.6 Å². The Morgan fingerprint density at radius 2 is 2.29 bits per heavy atom. The summed E-state index contributed by atoms with van der Waals surface area (Å²) in [6.07, 6.45) is 0. The number of hydrogen-bond donors (Lipinski definition) is 2. The molecule has 0 aromatic carbocycles. The Morgan fingerprint density at radius 3 is 2.79 bits per heavy atom. The zero-order valence-electron chi connectivity index (χ0n) is 8.56. The van der Waals surface area contributed by atoms with Gasteiger partial charge in [0.05, 0.1) is 25.9 Å². The smallest absolute Gasteiger partial charge is 0.323 e. The van der Waals surface area contributed by atoms with Gasteiger partial charge in [-0.2, -0.15) is 0 Å². The second-order valence-electron chi connectivity index (χ2n) is 3.97. The maximum Gasteiger partial charge on any atom is 0.323 e. The van der Waals surface area contributed by atoms with Crippen LogP contribution in [-0.4, -0.2) is 59.0 Å². The quantitative estimate of drug-likeness (QED) is 0.649. The molecule has 1 atom stereocenters. The third-order valence-electron chi connectivity index (χ3n) is 2.68. The van der Waals surface area contributed by atoms with Gasteiger partial charge in [-0.25, -0.2) is 0 Å². The Kier molecular flexibility index (Phi) is 3.47. The maximum absolute atomic E-state index is 11.0. The van der Waals surface area contributed by atoms with Crippen molar-refractivity contribution < 1.29 is 19.7 Å². The molecular formula is C9H17NO4. The highest BCUT2D eigenvalue weighted by Crippen LogP contribution is 2.20. The first-order valence-corrected chi connectivity index (χ1v) is 4.69. The summed E-state index contributed by atoms with van der Waals surface area (Å²) in [5.74, 6) is -0.877. The van der Waals surface area contributed by atoms with Crippen LogP contribution in [0.4, 0.5) is 0 Å². The first-order chi connectivity index (χ1) is 6.50. The van der Waals surface area contributed by atoms with Crippen molar-refractivity contribution in [3.05, 3.63) is 0 Å². The molecule has 14 heavy (non-hydrogen) atoms. The lowest BCUT2D eigenvalue weighted by Crippen LogP contribution is -2.60. The molecule has 1 fully saturated rings. The molecule has 0 bridgehead atoms. The lowest BCUT2D eigenvalue weighted by atomic mass is 10.00. The fourth-order valence-corrected chi connectivity index (χ4v) is 1.66. The minimum absolute atomic E-state index is 0.0727. The summed E-state index contributed by atoms with van der Waals surface area (Å²) in [7, 11) is 0. The molecule has 1 aliphatic rings. The van der Waals surface area contributed by atoms with Crippen molar-refractivity contribution >= 4 is 5.97 Å². The van der Waals surface area contributed by atoms with E-state index in [0.717, 1.165) is 0 Å². The van der Waals surface area contributed by atoms with Gasteiger partial charge in [0.1, 0.15) is 5.54 Å². The molecule has 0 aromatic heterocycles. The summed E-state index contributed by atoms with van der Waals surface area (Å²) >= 11 is 0. The van der Waals surface area contributed by atoms with Crippen molar-refractivity contribution in [1.82, 2.24) is 4.90 Å². The van der Waals surface area contributed by atoms with Crippen molar-refractivity contribution in [3.63, 3.8) is 0 Å². The molecule has 0 saturated carbocycles. The van der Waals surface area contributed by atoms with E-state index < -0.39 is 11.5 Å². The average Bonchev–Trinajstić information content (AvgIpc) is 2.17. The molecule has 1 unspecified atom stereocenters. The van der Waals surface area contributed by atoms with Crippen molar-refractivity contribution in [2.75, 3.05) is 26.4 Å². The number of morpholine rings is 1. The number of hydrogen-bond acceptors (Lipinski definition) is 4. The molecule has 0 aliphatic carbocycles. The van der Waals surface area contributed by atoms with Gasteiger partial charge in [0.15, 0.2) is 0 Å². The normalized spacial score (nSPS) is 24.9. The second kappa shape index (κ2) is 4.25. The van der Waals surface area contributed by atoms with E-state index in [1.54, 1.807) is 18.7 Å². The average molecular weight is 203 g/mol. The Hall–Kier alpha value is -0.650.